The summed E-state index contributed by atoms with van der Waals surface area (Å²) in [4.78, 5) is 22.0. The maximum Gasteiger partial charge on any atom is 0.321 e. The topological polar surface area (TPSA) is 84.2 Å². The van der Waals surface area contributed by atoms with E-state index in [9.17, 15) is 9.59 Å². The molecule has 15 heavy (non-hydrogen) atoms. The molecule has 0 aliphatic rings. The third-order valence-electron chi connectivity index (χ3n) is 1.49. The van der Waals surface area contributed by atoms with Crippen LogP contribution in [0.1, 0.15) is 12.2 Å². The zero-order valence-electron chi connectivity index (χ0n) is 7.83. The molecule has 3 amide bonds. The predicted octanol–water partition coefficient (Wildman–Crippen LogP) is 0.629. The van der Waals surface area contributed by atoms with Crippen molar-refractivity contribution in [3.8, 4) is 0 Å². The first kappa shape index (κ1) is 11.5. The van der Waals surface area contributed by atoms with E-state index in [1.165, 1.54) is 6.20 Å². The summed E-state index contributed by atoms with van der Waals surface area (Å²) in [6.07, 6.45) is 1.57. The van der Waals surface area contributed by atoms with E-state index in [0.717, 1.165) is 0 Å². The highest BCUT2D eigenvalue weighted by molar-refractivity contribution is 6.19. The maximum absolute atomic E-state index is 11.1. The van der Waals surface area contributed by atoms with Gasteiger partial charge < -0.3 is 9.84 Å². The van der Waals surface area contributed by atoms with Crippen LogP contribution in [-0.2, 0) is 11.3 Å². The number of hydrogen-bond donors (Lipinski definition) is 2. The third-order valence-corrected chi connectivity index (χ3v) is 1.68. The van der Waals surface area contributed by atoms with Gasteiger partial charge in [0.05, 0.1) is 12.7 Å². The highest BCUT2D eigenvalue weighted by atomic mass is 35.5. The second-order valence-corrected chi connectivity index (χ2v) is 3.03. The Bertz CT molecular complexity index is 326. The molecule has 0 bridgehead atoms. The molecule has 0 aliphatic heterocycles. The molecule has 0 saturated heterocycles. The number of carbonyl (C=O) groups excluding carboxylic acids is 2. The van der Waals surface area contributed by atoms with Crippen molar-refractivity contribution in [3.05, 3.63) is 18.0 Å². The first-order valence-electron chi connectivity index (χ1n) is 4.25. The molecule has 0 unspecified atom stereocenters. The van der Waals surface area contributed by atoms with Crippen molar-refractivity contribution in [2.24, 2.45) is 0 Å². The van der Waals surface area contributed by atoms with Gasteiger partial charge in [0.25, 0.3) is 0 Å². The van der Waals surface area contributed by atoms with Gasteiger partial charge in [-0.15, -0.1) is 11.6 Å². The van der Waals surface area contributed by atoms with Gasteiger partial charge in [-0.05, 0) is 0 Å². The van der Waals surface area contributed by atoms with Crippen molar-refractivity contribution in [1.82, 2.24) is 15.8 Å². The zero-order chi connectivity index (χ0) is 11.1. The molecule has 0 saturated carbocycles. The maximum atomic E-state index is 11.1. The number of rotatable bonds is 4. The molecule has 1 rings (SSSR count). The van der Waals surface area contributed by atoms with Crippen molar-refractivity contribution in [1.29, 1.82) is 0 Å². The summed E-state index contributed by atoms with van der Waals surface area (Å²) in [6, 6.07) is 1.03. The number of carbonyl (C=O) groups is 2. The van der Waals surface area contributed by atoms with Crippen LogP contribution in [0.5, 0.6) is 0 Å². The Balaban J connectivity index is 2.22. The molecule has 7 heteroatoms. The number of aromatic nitrogens is 1. The summed E-state index contributed by atoms with van der Waals surface area (Å²) in [5.74, 6) is 0.274. The van der Waals surface area contributed by atoms with Gasteiger partial charge in [-0.25, -0.2) is 4.79 Å². The van der Waals surface area contributed by atoms with E-state index in [-0.39, 0.29) is 18.8 Å². The van der Waals surface area contributed by atoms with E-state index in [0.29, 0.717) is 5.76 Å². The van der Waals surface area contributed by atoms with Crippen molar-refractivity contribution in [2.75, 3.05) is 5.88 Å². The van der Waals surface area contributed by atoms with Crippen LogP contribution in [0, 0.1) is 0 Å². The number of nitrogens with one attached hydrogen (secondary N) is 2. The van der Waals surface area contributed by atoms with Crippen molar-refractivity contribution in [3.63, 3.8) is 0 Å². The molecule has 0 spiro atoms. The van der Waals surface area contributed by atoms with Crippen LogP contribution in [0.4, 0.5) is 4.79 Å². The van der Waals surface area contributed by atoms with Gasteiger partial charge in [0.15, 0.2) is 5.76 Å². The van der Waals surface area contributed by atoms with Crippen LogP contribution in [0.2, 0.25) is 0 Å². The molecule has 0 fully saturated rings. The van der Waals surface area contributed by atoms with Crippen LogP contribution in [0.15, 0.2) is 16.8 Å². The zero-order valence-corrected chi connectivity index (χ0v) is 8.58. The SMILES string of the molecule is O=C(CCCl)NC(=O)NCc1ccno1. The Morgan fingerprint density at radius 3 is 2.93 bits per heavy atom. The highest BCUT2D eigenvalue weighted by Crippen LogP contribution is 1.94. The lowest BCUT2D eigenvalue weighted by molar-refractivity contribution is -0.119. The predicted molar refractivity (Wildman–Crippen MR) is 52.2 cm³/mol. The second kappa shape index (κ2) is 6.02. The van der Waals surface area contributed by atoms with E-state index in [1.807, 2.05) is 0 Å². The molecule has 6 nitrogen and oxygen atoms in total. The number of imide groups is 1. The first-order valence-corrected chi connectivity index (χ1v) is 4.79. The molecular weight excluding hydrogens is 222 g/mol. The van der Waals surface area contributed by atoms with Gasteiger partial charge in [-0.2, -0.15) is 0 Å². The Kier molecular flexibility index (Phi) is 4.62. The van der Waals surface area contributed by atoms with Crippen LogP contribution in [-0.4, -0.2) is 23.0 Å². The van der Waals surface area contributed by atoms with E-state index in [1.54, 1.807) is 6.07 Å². The molecule has 82 valence electrons. The number of hydrogen-bond acceptors (Lipinski definition) is 4. The van der Waals surface area contributed by atoms with Gasteiger partial charge in [-0.3, -0.25) is 10.1 Å². The second-order valence-electron chi connectivity index (χ2n) is 2.65. The lowest BCUT2D eigenvalue weighted by Crippen LogP contribution is -2.39. The lowest BCUT2D eigenvalue weighted by Gasteiger charge is -2.03. The fourth-order valence-corrected chi connectivity index (χ4v) is 0.991. The fraction of sp³-hybridized carbons (Fsp3) is 0.375. The van der Waals surface area contributed by atoms with Crippen molar-refractivity contribution < 1.29 is 14.1 Å². The van der Waals surface area contributed by atoms with E-state index in [2.05, 4.69) is 15.8 Å². The van der Waals surface area contributed by atoms with Crippen LogP contribution in [0.3, 0.4) is 0 Å². The molecule has 0 aliphatic carbocycles. The molecule has 1 heterocycles. The number of amides is 3. The standard InChI is InChI=1S/C8H10ClN3O3/c9-3-1-7(13)12-8(14)10-5-6-2-4-11-15-6/h2,4H,1,3,5H2,(H2,10,12,13,14). The fourth-order valence-electron chi connectivity index (χ4n) is 0.820. The van der Waals surface area contributed by atoms with Crippen LogP contribution in [0.25, 0.3) is 0 Å². The summed E-state index contributed by atoms with van der Waals surface area (Å²) in [5, 5.41) is 7.99. The lowest BCUT2D eigenvalue weighted by atomic mass is 10.4. The van der Waals surface area contributed by atoms with Gasteiger partial charge in [0.2, 0.25) is 5.91 Å². The molecule has 0 radical (unpaired) electrons. The van der Waals surface area contributed by atoms with Crippen LogP contribution >= 0.6 is 11.6 Å². The normalized spacial score (nSPS) is 9.67. The summed E-state index contributed by atoms with van der Waals surface area (Å²) in [5.41, 5.74) is 0. The van der Waals surface area contributed by atoms with Crippen molar-refractivity contribution >= 4 is 23.5 Å². The summed E-state index contributed by atoms with van der Waals surface area (Å²) < 4.78 is 4.74. The monoisotopic (exact) mass is 231 g/mol. The van der Waals surface area contributed by atoms with E-state index in [4.69, 9.17) is 16.1 Å². The van der Waals surface area contributed by atoms with Gasteiger partial charge >= 0.3 is 6.03 Å². The Hall–Kier alpha value is -1.56. The number of alkyl halides is 1. The number of urea groups is 1. The van der Waals surface area contributed by atoms with Crippen LogP contribution < -0.4 is 10.6 Å². The van der Waals surface area contributed by atoms with Crippen molar-refractivity contribution in [2.45, 2.75) is 13.0 Å². The van der Waals surface area contributed by atoms with Gasteiger partial charge in [0.1, 0.15) is 0 Å². The minimum Gasteiger partial charge on any atom is -0.360 e. The number of halogens is 1. The minimum absolute atomic E-state index is 0.108. The largest absolute Gasteiger partial charge is 0.360 e. The Labute approximate surface area is 90.9 Å². The first-order chi connectivity index (χ1) is 7.22. The van der Waals surface area contributed by atoms with E-state index >= 15 is 0 Å². The molecule has 0 aromatic carbocycles. The third kappa shape index (κ3) is 4.46. The Morgan fingerprint density at radius 2 is 2.33 bits per heavy atom. The summed E-state index contributed by atoms with van der Waals surface area (Å²) >= 11 is 5.32. The minimum atomic E-state index is -0.582. The quantitative estimate of drug-likeness (QED) is 0.745. The molecule has 2 N–H and O–H groups in total. The summed E-state index contributed by atoms with van der Waals surface area (Å²) in [7, 11) is 0. The molecule has 1 aromatic heterocycles. The molecule has 0 atom stereocenters. The van der Waals surface area contributed by atoms with E-state index < -0.39 is 11.9 Å². The van der Waals surface area contributed by atoms with Gasteiger partial charge in [0, 0.05) is 18.4 Å². The Morgan fingerprint density at radius 1 is 1.53 bits per heavy atom. The average Bonchev–Trinajstić information content (AvgIpc) is 2.67. The molecular formula is C8H10ClN3O3. The molecule has 1 aromatic rings. The summed E-state index contributed by atoms with van der Waals surface area (Å²) in [6.45, 7) is 0.181. The highest BCUT2D eigenvalue weighted by Gasteiger charge is 2.06. The van der Waals surface area contributed by atoms with Gasteiger partial charge in [-0.1, -0.05) is 5.16 Å². The number of nitrogens with zero attached hydrogens (tertiary/aromatic N) is 1. The smallest absolute Gasteiger partial charge is 0.321 e. The average molecular weight is 232 g/mol.